The van der Waals surface area contributed by atoms with E-state index >= 15 is 0 Å². The number of anilines is 2. The fourth-order valence-electron chi connectivity index (χ4n) is 1.94. The van der Waals surface area contributed by atoms with Crippen molar-refractivity contribution in [2.45, 2.75) is 0 Å². The van der Waals surface area contributed by atoms with E-state index in [0.717, 1.165) is 12.3 Å². The molecule has 0 fully saturated rings. The van der Waals surface area contributed by atoms with Crippen LogP contribution in [-0.2, 0) is 0 Å². The van der Waals surface area contributed by atoms with Gasteiger partial charge in [-0.05, 0) is 6.07 Å². The second-order valence-corrected chi connectivity index (χ2v) is 4.43. The molecule has 3 N–H and O–H groups in total. The summed E-state index contributed by atoms with van der Waals surface area (Å²) in [4.78, 5) is 15.7. The van der Waals surface area contributed by atoms with Crippen molar-refractivity contribution in [1.82, 2.24) is 4.98 Å². The normalized spacial score (nSPS) is 12.8. The Labute approximate surface area is 119 Å². The minimum atomic E-state index is -0.585. The highest BCUT2D eigenvalue weighted by atomic mass is 19.1. The highest BCUT2D eigenvalue weighted by Gasteiger charge is 2.16. The first-order valence-electron chi connectivity index (χ1n) is 6.24. The van der Waals surface area contributed by atoms with Crippen LogP contribution in [0.15, 0.2) is 30.6 Å². The fraction of sp³-hybridized carbons (Fsp3) is 0.143. The molecule has 1 amide bonds. The third-order valence-corrected chi connectivity index (χ3v) is 2.93. The number of hydrogen-bond donors (Lipinski definition) is 2. The lowest BCUT2D eigenvalue weighted by Gasteiger charge is -2.20. The molecule has 7 heteroatoms. The topological polar surface area (TPSA) is 86.5 Å². The van der Waals surface area contributed by atoms with Gasteiger partial charge in [0.1, 0.15) is 19.0 Å². The SMILES string of the molecule is Nc1cc2c(cc1NC(=O)c1cncc(F)c1)OCCO2. The van der Waals surface area contributed by atoms with Crippen molar-refractivity contribution in [2.75, 3.05) is 24.3 Å². The van der Waals surface area contributed by atoms with Crippen LogP contribution in [0, 0.1) is 5.82 Å². The van der Waals surface area contributed by atoms with E-state index in [9.17, 15) is 9.18 Å². The molecule has 6 nitrogen and oxygen atoms in total. The predicted octanol–water partition coefficient (Wildman–Crippen LogP) is 1.83. The third-order valence-electron chi connectivity index (χ3n) is 2.93. The Kier molecular flexibility index (Phi) is 3.31. The molecule has 21 heavy (non-hydrogen) atoms. The Morgan fingerprint density at radius 1 is 1.19 bits per heavy atom. The van der Waals surface area contributed by atoms with E-state index in [2.05, 4.69) is 10.3 Å². The van der Waals surface area contributed by atoms with Gasteiger partial charge in [-0.25, -0.2) is 4.39 Å². The molecule has 0 saturated carbocycles. The van der Waals surface area contributed by atoms with Crippen LogP contribution in [-0.4, -0.2) is 24.1 Å². The van der Waals surface area contributed by atoms with Crippen molar-refractivity contribution < 1.29 is 18.7 Å². The van der Waals surface area contributed by atoms with Gasteiger partial charge in [-0.15, -0.1) is 0 Å². The second kappa shape index (κ2) is 5.28. The molecule has 1 aromatic heterocycles. The summed E-state index contributed by atoms with van der Waals surface area (Å²) < 4.78 is 23.9. The first-order chi connectivity index (χ1) is 10.1. The molecule has 0 bridgehead atoms. The Morgan fingerprint density at radius 3 is 2.62 bits per heavy atom. The van der Waals surface area contributed by atoms with Gasteiger partial charge < -0.3 is 20.5 Å². The zero-order chi connectivity index (χ0) is 14.8. The number of halogens is 1. The van der Waals surface area contributed by atoms with Crippen LogP contribution in [0.3, 0.4) is 0 Å². The van der Waals surface area contributed by atoms with Crippen molar-refractivity contribution in [3.8, 4) is 11.5 Å². The van der Waals surface area contributed by atoms with Gasteiger partial charge in [0.05, 0.1) is 23.1 Å². The van der Waals surface area contributed by atoms with E-state index in [0.29, 0.717) is 36.1 Å². The number of aromatic nitrogens is 1. The van der Waals surface area contributed by atoms with Gasteiger partial charge in [-0.2, -0.15) is 0 Å². The molecule has 2 heterocycles. The molecular formula is C14H12FN3O3. The van der Waals surface area contributed by atoms with Crippen molar-refractivity contribution in [3.63, 3.8) is 0 Å². The van der Waals surface area contributed by atoms with Gasteiger partial charge >= 0.3 is 0 Å². The number of carbonyl (C=O) groups is 1. The maximum Gasteiger partial charge on any atom is 0.257 e. The lowest BCUT2D eigenvalue weighted by atomic mass is 10.2. The zero-order valence-corrected chi connectivity index (χ0v) is 10.9. The molecule has 0 spiro atoms. The van der Waals surface area contributed by atoms with Gasteiger partial charge in [-0.1, -0.05) is 0 Å². The van der Waals surface area contributed by atoms with E-state index in [4.69, 9.17) is 15.2 Å². The van der Waals surface area contributed by atoms with Crippen LogP contribution >= 0.6 is 0 Å². The molecule has 0 aliphatic carbocycles. The number of hydrogen-bond acceptors (Lipinski definition) is 5. The number of amides is 1. The number of benzene rings is 1. The van der Waals surface area contributed by atoms with E-state index < -0.39 is 11.7 Å². The minimum Gasteiger partial charge on any atom is -0.486 e. The Balaban J connectivity index is 1.86. The Hall–Kier alpha value is -2.83. The maximum absolute atomic E-state index is 13.1. The smallest absolute Gasteiger partial charge is 0.257 e. The van der Waals surface area contributed by atoms with E-state index in [1.165, 1.54) is 6.20 Å². The molecule has 0 unspecified atom stereocenters. The molecule has 0 saturated heterocycles. The maximum atomic E-state index is 13.1. The average Bonchev–Trinajstić information content (AvgIpc) is 2.48. The van der Waals surface area contributed by atoms with Crippen LogP contribution in [0.2, 0.25) is 0 Å². The number of nitrogens with one attached hydrogen (secondary N) is 1. The monoisotopic (exact) mass is 289 g/mol. The van der Waals surface area contributed by atoms with Crippen LogP contribution in [0.25, 0.3) is 0 Å². The molecule has 1 aromatic carbocycles. The molecule has 108 valence electrons. The van der Waals surface area contributed by atoms with Crippen LogP contribution in [0.4, 0.5) is 15.8 Å². The summed E-state index contributed by atoms with van der Waals surface area (Å²) in [6, 6.07) is 4.25. The zero-order valence-electron chi connectivity index (χ0n) is 10.9. The number of carbonyl (C=O) groups excluding carboxylic acids is 1. The van der Waals surface area contributed by atoms with Crippen LogP contribution in [0.1, 0.15) is 10.4 Å². The Bertz CT molecular complexity index is 706. The van der Waals surface area contributed by atoms with Crippen LogP contribution in [0.5, 0.6) is 11.5 Å². The van der Waals surface area contributed by atoms with Gasteiger partial charge in [-0.3, -0.25) is 9.78 Å². The summed E-state index contributed by atoms with van der Waals surface area (Å²) in [5.74, 6) is -0.0598. The van der Waals surface area contributed by atoms with Gasteiger partial charge in [0.25, 0.3) is 5.91 Å². The van der Waals surface area contributed by atoms with E-state index in [1.807, 2.05) is 0 Å². The largest absolute Gasteiger partial charge is 0.486 e. The Morgan fingerprint density at radius 2 is 1.90 bits per heavy atom. The number of rotatable bonds is 2. The second-order valence-electron chi connectivity index (χ2n) is 4.43. The van der Waals surface area contributed by atoms with Crippen LogP contribution < -0.4 is 20.5 Å². The minimum absolute atomic E-state index is 0.101. The molecular weight excluding hydrogens is 277 g/mol. The van der Waals surface area contributed by atoms with Gasteiger partial charge in [0.2, 0.25) is 0 Å². The summed E-state index contributed by atoms with van der Waals surface area (Å²) in [6.07, 6.45) is 2.29. The highest BCUT2D eigenvalue weighted by Crippen LogP contribution is 2.37. The van der Waals surface area contributed by atoms with E-state index in [-0.39, 0.29) is 5.56 Å². The fourth-order valence-corrected chi connectivity index (χ4v) is 1.94. The van der Waals surface area contributed by atoms with Crippen molar-refractivity contribution in [1.29, 1.82) is 0 Å². The third kappa shape index (κ3) is 2.71. The lowest BCUT2D eigenvalue weighted by Crippen LogP contribution is -2.17. The number of pyridine rings is 1. The molecule has 2 aromatic rings. The highest BCUT2D eigenvalue weighted by molar-refractivity contribution is 6.05. The number of ether oxygens (including phenoxy) is 2. The number of nitrogens with zero attached hydrogens (tertiary/aromatic N) is 1. The number of nitrogen functional groups attached to an aromatic ring is 1. The van der Waals surface area contributed by atoms with Gasteiger partial charge in [0.15, 0.2) is 11.5 Å². The molecule has 3 rings (SSSR count). The number of nitrogens with two attached hydrogens (primary N) is 1. The van der Waals surface area contributed by atoms with Gasteiger partial charge in [0, 0.05) is 18.3 Å². The summed E-state index contributed by atoms with van der Waals surface area (Å²) in [6.45, 7) is 0.880. The predicted molar refractivity (Wildman–Crippen MR) is 74.0 cm³/mol. The van der Waals surface area contributed by atoms with Crippen molar-refractivity contribution >= 4 is 17.3 Å². The standard InChI is InChI=1S/C14H12FN3O3/c15-9-3-8(6-17-7-9)14(19)18-11-5-13-12(4-10(11)16)20-1-2-21-13/h3-7H,1-2,16H2,(H,18,19). The molecule has 1 aliphatic heterocycles. The summed E-state index contributed by atoms with van der Waals surface area (Å²) in [5.41, 5.74) is 6.66. The molecule has 0 atom stereocenters. The first kappa shape index (κ1) is 13.2. The quantitative estimate of drug-likeness (QED) is 0.824. The summed E-state index contributed by atoms with van der Waals surface area (Å²) >= 11 is 0. The van der Waals surface area contributed by atoms with Crippen molar-refractivity contribution in [2.24, 2.45) is 0 Å². The van der Waals surface area contributed by atoms with E-state index in [1.54, 1.807) is 12.1 Å². The molecule has 1 aliphatic rings. The lowest BCUT2D eigenvalue weighted by molar-refractivity contribution is 0.102. The first-order valence-corrected chi connectivity index (χ1v) is 6.24. The average molecular weight is 289 g/mol. The summed E-state index contributed by atoms with van der Waals surface area (Å²) in [5, 5.41) is 2.60. The van der Waals surface area contributed by atoms with Crippen molar-refractivity contribution in [3.05, 3.63) is 42.0 Å². The molecule has 0 radical (unpaired) electrons. The summed E-state index contributed by atoms with van der Waals surface area (Å²) in [7, 11) is 0. The number of fused-ring (bicyclic) bond motifs is 1.